The van der Waals surface area contributed by atoms with Crippen LogP contribution >= 0.6 is 0 Å². The molecule has 3 nitrogen and oxygen atoms in total. The maximum atomic E-state index is 13.7. The summed E-state index contributed by atoms with van der Waals surface area (Å²) in [6, 6.07) is 0. The molecular formula is C26H40O3. The van der Waals surface area contributed by atoms with E-state index in [2.05, 4.69) is 33.8 Å². The smallest absolute Gasteiger partial charge is 0.302 e. The lowest BCUT2D eigenvalue weighted by Gasteiger charge is -2.56. The first-order valence-corrected chi connectivity index (χ1v) is 12.2. The average Bonchev–Trinajstić information content (AvgIpc) is 3.02. The quantitative estimate of drug-likeness (QED) is 0.535. The van der Waals surface area contributed by atoms with Crippen LogP contribution in [-0.4, -0.2) is 17.9 Å². The molecule has 0 saturated heterocycles. The number of fused-ring (bicyclic) bond motifs is 5. The van der Waals surface area contributed by atoms with Crippen molar-refractivity contribution >= 4 is 11.8 Å². The van der Waals surface area contributed by atoms with Crippen molar-refractivity contribution in [1.29, 1.82) is 0 Å². The summed E-state index contributed by atoms with van der Waals surface area (Å²) in [5, 5.41) is 0. The van der Waals surface area contributed by atoms with E-state index >= 15 is 0 Å². The molecule has 0 aromatic heterocycles. The normalized spacial score (nSPS) is 44.9. The zero-order chi connectivity index (χ0) is 21.0. The maximum absolute atomic E-state index is 13.7. The predicted octanol–water partition coefficient (Wildman–Crippen LogP) is 6.11. The molecule has 8 atom stereocenters. The van der Waals surface area contributed by atoms with Crippen LogP contribution in [0.15, 0.2) is 11.6 Å². The van der Waals surface area contributed by atoms with E-state index in [-0.39, 0.29) is 22.9 Å². The lowest BCUT2D eigenvalue weighted by molar-refractivity contribution is -0.151. The summed E-state index contributed by atoms with van der Waals surface area (Å²) in [6.45, 7) is 10.9. The molecule has 0 aromatic rings. The summed E-state index contributed by atoms with van der Waals surface area (Å²) >= 11 is 0. The molecule has 1 unspecified atom stereocenters. The highest BCUT2D eigenvalue weighted by atomic mass is 16.5. The number of ether oxygens (including phenoxy) is 1. The molecule has 162 valence electrons. The van der Waals surface area contributed by atoms with Crippen LogP contribution in [0.3, 0.4) is 0 Å². The third-order valence-corrected chi connectivity index (χ3v) is 9.72. The van der Waals surface area contributed by atoms with E-state index < -0.39 is 0 Å². The summed E-state index contributed by atoms with van der Waals surface area (Å²) in [5.41, 5.74) is 1.43. The van der Waals surface area contributed by atoms with Crippen molar-refractivity contribution < 1.29 is 14.3 Å². The molecule has 0 bridgehead atoms. The summed E-state index contributed by atoms with van der Waals surface area (Å²) in [6.07, 6.45) is 12.4. The molecule has 0 spiro atoms. The maximum Gasteiger partial charge on any atom is 0.302 e. The van der Waals surface area contributed by atoms with Crippen molar-refractivity contribution in [2.45, 2.75) is 98.5 Å². The van der Waals surface area contributed by atoms with E-state index in [0.29, 0.717) is 35.4 Å². The summed E-state index contributed by atoms with van der Waals surface area (Å²) < 4.78 is 5.57. The highest BCUT2D eigenvalue weighted by molar-refractivity contribution is 5.97. The summed E-state index contributed by atoms with van der Waals surface area (Å²) in [4.78, 5) is 25.1. The molecule has 0 aliphatic heterocycles. The number of ketones is 1. The van der Waals surface area contributed by atoms with E-state index in [1.54, 1.807) is 0 Å². The van der Waals surface area contributed by atoms with Crippen LogP contribution in [-0.2, 0) is 14.3 Å². The van der Waals surface area contributed by atoms with Gasteiger partial charge < -0.3 is 4.74 Å². The van der Waals surface area contributed by atoms with Crippen molar-refractivity contribution in [3.63, 3.8) is 0 Å². The fraction of sp³-hybridized carbons (Fsp3) is 0.846. The Morgan fingerprint density at radius 2 is 1.97 bits per heavy atom. The highest BCUT2D eigenvalue weighted by Crippen LogP contribution is 2.65. The molecule has 3 fully saturated rings. The van der Waals surface area contributed by atoms with Crippen LogP contribution in [0.1, 0.15) is 92.4 Å². The van der Waals surface area contributed by atoms with Gasteiger partial charge in [-0.25, -0.2) is 0 Å². The molecule has 0 heterocycles. The van der Waals surface area contributed by atoms with Gasteiger partial charge in [0.25, 0.3) is 0 Å². The van der Waals surface area contributed by atoms with Crippen LogP contribution in [0.4, 0.5) is 0 Å². The van der Waals surface area contributed by atoms with Crippen LogP contribution in [0.2, 0.25) is 0 Å². The van der Waals surface area contributed by atoms with Crippen molar-refractivity contribution in [2.24, 2.45) is 40.4 Å². The Morgan fingerprint density at radius 1 is 1.21 bits per heavy atom. The van der Waals surface area contributed by atoms with E-state index in [4.69, 9.17) is 4.74 Å². The van der Waals surface area contributed by atoms with E-state index in [0.717, 1.165) is 19.3 Å². The van der Waals surface area contributed by atoms with Crippen LogP contribution < -0.4 is 0 Å². The molecule has 3 heteroatoms. The van der Waals surface area contributed by atoms with Gasteiger partial charge in [0.2, 0.25) is 0 Å². The number of rotatable bonds is 4. The molecule has 4 aliphatic carbocycles. The molecule has 4 aliphatic rings. The molecule has 29 heavy (non-hydrogen) atoms. The predicted molar refractivity (Wildman–Crippen MR) is 115 cm³/mol. The van der Waals surface area contributed by atoms with Crippen LogP contribution in [0.5, 0.6) is 0 Å². The van der Waals surface area contributed by atoms with Gasteiger partial charge in [0.15, 0.2) is 5.78 Å². The Bertz CT molecular complexity index is 709. The molecule has 0 amide bonds. The minimum absolute atomic E-state index is 0.0676. The standard InChI is InChI=1S/C26H40O3/c1-6-7-16(2)21-10-11-22-20-9-8-18-14-19(29-17(3)27)12-13-25(18,4)23(20)15-24(28)26(21,22)5/h15-16,18-22H,6-14H2,1-5H3/t16-,18-,19-,20+,21?,22+,25+,26-/m1/s1. The third-order valence-electron chi connectivity index (χ3n) is 9.72. The van der Waals surface area contributed by atoms with Gasteiger partial charge in [-0.05, 0) is 86.0 Å². The molecule has 0 radical (unpaired) electrons. The second kappa shape index (κ2) is 7.54. The third kappa shape index (κ3) is 3.22. The second-order valence-electron chi connectivity index (χ2n) is 11.1. The average molecular weight is 401 g/mol. The molecular weight excluding hydrogens is 360 g/mol. The van der Waals surface area contributed by atoms with Gasteiger partial charge in [-0.3, -0.25) is 9.59 Å². The SMILES string of the molecule is CCC[C@@H](C)C1CC[C@H]2[C@@H]3CC[C@@H]4C[C@H](OC(C)=O)CC[C@]4(C)C3=CC(=O)[C@]12C. The Kier molecular flexibility index (Phi) is 5.49. The summed E-state index contributed by atoms with van der Waals surface area (Å²) in [7, 11) is 0. The Hall–Kier alpha value is -1.12. The van der Waals surface area contributed by atoms with Crippen molar-refractivity contribution in [3.05, 3.63) is 11.6 Å². The number of carbonyl (C=O) groups is 2. The van der Waals surface area contributed by atoms with Gasteiger partial charge in [-0.2, -0.15) is 0 Å². The number of esters is 1. The second-order valence-corrected chi connectivity index (χ2v) is 11.1. The lowest BCUT2D eigenvalue weighted by Crippen LogP contribution is -2.52. The molecule has 0 aromatic carbocycles. The van der Waals surface area contributed by atoms with Gasteiger partial charge in [0.1, 0.15) is 6.10 Å². The van der Waals surface area contributed by atoms with Crippen LogP contribution in [0, 0.1) is 40.4 Å². The lowest BCUT2D eigenvalue weighted by atomic mass is 9.48. The fourth-order valence-electron chi connectivity index (χ4n) is 8.22. The zero-order valence-corrected chi connectivity index (χ0v) is 19.1. The first-order valence-electron chi connectivity index (χ1n) is 12.2. The first-order chi connectivity index (χ1) is 13.7. The number of hydrogen-bond donors (Lipinski definition) is 0. The number of allylic oxidation sites excluding steroid dienone is 2. The van der Waals surface area contributed by atoms with Gasteiger partial charge in [0, 0.05) is 12.3 Å². The van der Waals surface area contributed by atoms with Crippen molar-refractivity contribution in [3.8, 4) is 0 Å². The van der Waals surface area contributed by atoms with Gasteiger partial charge in [-0.1, -0.05) is 46.1 Å². The van der Waals surface area contributed by atoms with E-state index in [1.807, 2.05) is 0 Å². The van der Waals surface area contributed by atoms with Gasteiger partial charge in [-0.15, -0.1) is 0 Å². The number of hydrogen-bond acceptors (Lipinski definition) is 3. The van der Waals surface area contributed by atoms with Crippen molar-refractivity contribution in [2.75, 3.05) is 0 Å². The Balaban J connectivity index is 1.62. The topological polar surface area (TPSA) is 43.4 Å². The minimum atomic E-state index is -0.159. The Labute approximate surface area is 177 Å². The monoisotopic (exact) mass is 400 g/mol. The molecule has 3 saturated carbocycles. The van der Waals surface area contributed by atoms with Gasteiger partial charge >= 0.3 is 5.97 Å². The molecule has 0 N–H and O–H groups in total. The van der Waals surface area contributed by atoms with Gasteiger partial charge in [0.05, 0.1) is 0 Å². The number of carbonyl (C=O) groups excluding carboxylic acids is 2. The van der Waals surface area contributed by atoms with E-state index in [9.17, 15) is 9.59 Å². The van der Waals surface area contributed by atoms with Crippen molar-refractivity contribution in [1.82, 2.24) is 0 Å². The zero-order valence-electron chi connectivity index (χ0n) is 19.1. The first kappa shape index (κ1) is 21.1. The van der Waals surface area contributed by atoms with E-state index in [1.165, 1.54) is 51.0 Å². The largest absolute Gasteiger partial charge is 0.463 e. The minimum Gasteiger partial charge on any atom is -0.463 e. The summed E-state index contributed by atoms with van der Waals surface area (Å²) in [5.74, 6) is 3.10. The fourth-order valence-corrected chi connectivity index (χ4v) is 8.22. The molecule has 4 rings (SSSR count). The van der Waals surface area contributed by atoms with Crippen LogP contribution in [0.25, 0.3) is 0 Å². The highest BCUT2D eigenvalue weighted by Gasteiger charge is 2.61. The Morgan fingerprint density at radius 3 is 2.66 bits per heavy atom.